The molecule has 1 fully saturated rings. The van der Waals surface area contributed by atoms with E-state index in [2.05, 4.69) is 25.5 Å². The van der Waals surface area contributed by atoms with Crippen molar-refractivity contribution >= 4 is 28.7 Å². The van der Waals surface area contributed by atoms with E-state index in [-0.39, 0.29) is 40.8 Å². The van der Waals surface area contributed by atoms with Crippen molar-refractivity contribution in [3.05, 3.63) is 71.6 Å². The van der Waals surface area contributed by atoms with Gasteiger partial charge >= 0.3 is 12.2 Å². The third-order valence-corrected chi connectivity index (χ3v) is 7.28. The van der Waals surface area contributed by atoms with E-state index in [4.69, 9.17) is 5.73 Å². The van der Waals surface area contributed by atoms with Crippen molar-refractivity contribution in [2.75, 3.05) is 49.6 Å². The number of nitrogens with one attached hydrogen (secondary N) is 2. The Balaban J connectivity index is 1.34. The molecule has 0 saturated carbocycles. The van der Waals surface area contributed by atoms with E-state index < -0.39 is 29.2 Å². The number of nitrogen functional groups attached to an aromatic ring is 1. The van der Waals surface area contributed by atoms with Gasteiger partial charge in [0.15, 0.2) is 0 Å². The molecule has 10 nitrogen and oxygen atoms in total. The predicted molar refractivity (Wildman–Crippen MR) is 155 cm³/mol. The van der Waals surface area contributed by atoms with Gasteiger partial charge in [-0.2, -0.15) is 13.2 Å². The summed E-state index contributed by atoms with van der Waals surface area (Å²) in [6, 6.07) is 6.63. The monoisotopic (exact) mass is 600 g/mol. The van der Waals surface area contributed by atoms with Crippen LogP contribution < -0.4 is 16.4 Å². The number of rotatable bonds is 6. The quantitative estimate of drug-likeness (QED) is 0.236. The number of piperazine rings is 1. The second kappa shape index (κ2) is 11.4. The zero-order valence-electron chi connectivity index (χ0n) is 23.8. The maximum atomic E-state index is 15.2. The van der Waals surface area contributed by atoms with Crippen LogP contribution in [0, 0.1) is 5.82 Å². The summed E-state index contributed by atoms with van der Waals surface area (Å²) in [6.45, 7) is 6.08. The van der Waals surface area contributed by atoms with Crippen molar-refractivity contribution in [3.8, 4) is 11.3 Å². The first-order valence-corrected chi connectivity index (χ1v) is 13.5. The van der Waals surface area contributed by atoms with Gasteiger partial charge in [0.05, 0.1) is 11.3 Å². The van der Waals surface area contributed by atoms with Crippen LogP contribution in [0.3, 0.4) is 0 Å². The SMILES string of the molecule is CN1CCN(Cc2ccc(NC(=O)Nc3ccc(-c4nc(C(C)(C)O)n5ccnc(N)c45)cc3F)cc2C(F)(F)F)CC1. The molecule has 4 aromatic rings. The van der Waals surface area contributed by atoms with Crippen LogP contribution in [0.25, 0.3) is 16.8 Å². The lowest BCUT2D eigenvalue weighted by Gasteiger charge is -2.33. The standard InChI is InChI=1S/C29H32F4N8O2/c1-28(2,43)26-38-23(24-25(34)35-8-9-41(24)26)17-5-7-22(21(30)14-17)37-27(42)36-19-6-4-18(20(15-19)29(31,32)33)16-40-12-10-39(3)11-13-40/h4-9,14-15,43H,10-13,16H2,1-3H3,(H2,34,35)(H2,36,37,42). The van der Waals surface area contributed by atoms with E-state index in [1.807, 2.05) is 11.9 Å². The number of nitrogens with two attached hydrogens (primary N) is 1. The summed E-state index contributed by atoms with van der Waals surface area (Å²) in [5, 5.41) is 15.3. The number of aromatic nitrogens is 3. The van der Waals surface area contributed by atoms with Crippen molar-refractivity contribution < 1.29 is 27.5 Å². The average Bonchev–Trinajstić information content (AvgIpc) is 3.33. The third kappa shape index (κ3) is 6.55. The molecular weight excluding hydrogens is 568 g/mol. The zero-order valence-corrected chi connectivity index (χ0v) is 23.8. The highest BCUT2D eigenvalue weighted by atomic mass is 19.4. The van der Waals surface area contributed by atoms with Gasteiger partial charge < -0.3 is 26.4 Å². The minimum absolute atomic E-state index is 0.0874. The lowest BCUT2D eigenvalue weighted by molar-refractivity contribution is -0.138. The number of hydrogen-bond donors (Lipinski definition) is 4. The van der Waals surface area contributed by atoms with Gasteiger partial charge in [0.2, 0.25) is 0 Å². The Kier molecular flexibility index (Phi) is 8.03. The first-order chi connectivity index (χ1) is 20.2. The number of likely N-dealkylation sites (N-methyl/N-ethyl adjacent to an activating group) is 1. The molecule has 3 heterocycles. The molecule has 43 heavy (non-hydrogen) atoms. The number of imidazole rings is 1. The number of anilines is 3. The summed E-state index contributed by atoms with van der Waals surface area (Å²) in [5.74, 6) is -0.434. The molecule has 228 valence electrons. The largest absolute Gasteiger partial charge is 0.416 e. The normalized spacial score (nSPS) is 15.2. The number of fused-ring (bicyclic) bond motifs is 1. The van der Waals surface area contributed by atoms with E-state index in [1.54, 1.807) is 24.4 Å². The van der Waals surface area contributed by atoms with Gasteiger partial charge in [-0.15, -0.1) is 0 Å². The van der Waals surface area contributed by atoms with Crippen LogP contribution >= 0.6 is 0 Å². The van der Waals surface area contributed by atoms with Gasteiger partial charge in [-0.25, -0.2) is 19.2 Å². The molecule has 0 aliphatic carbocycles. The molecular formula is C29H32F4N8O2. The van der Waals surface area contributed by atoms with Crippen molar-refractivity contribution in [2.24, 2.45) is 0 Å². The van der Waals surface area contributed by atoms with Gasteiger partial charge in [-0.3, -0.25) is 9.30 Å². The fourth-order valence-corrected chi connectivity index (χ4v) is 5.05. The first kappa shape index (κ1) is 30.2. The molecule has 1 aliphatic heterocycles. The molecule has 0 bridgehead atoms. The lowest BCUT2D eigenvalue weighted by atomic mass is 10.0. The summed E-state index contributed by atoms with van der Waals surface area (Å²) < 4.78 is 58.5. The zero-order chi connectivity index (χ0) is 31.1. The second-order valence-electron chi connectivity index (χ2n) is 11.1. The first-order valence-electron chi connectivity index (χ1n) is 13.5. The van der Waals surface area contributed by atoms with E-state index >= 15 is 4.39 Å². The number of amides is 2. The van der Waals surface area contributed by atoms with Gasteiger partial charge in [0, 0.05) is 56.4 Å². The highest BCUT2D eigenvalue weighted by Gasteiger charge is 2.34. The second-order valence-corrected chi connectivity index (χ2v) is 11.1. The molecule has 0 radical (unpaired) electrons. The Labute approximate surface area is 245 Å². The van der Waals surface area contributed by atoms with Gasteiger partial charge in [0.1, 0.15) is 34.3 Å². The van der Waals surface area contributed by atoms with Crippen LogP contribution in [0.15, 0.2) is 48.8 Å². The maximum absolute atomic E-state index is 15.2. The fraction of sp³-hybridized carbons (Fsp3) is 0.345. The van der Waals surface area contributed by atoms with Crippen molar-refractivity contribution in [2.45, 2.75) is 32.2 Å². The molecule has 2 aromatic carbocycles. The average molecular weight is 601 g/mol. The smallest absolute Gasteiger partial charge is 0.382 e. The minimum atomic E-state index is -4.63. The molecule has 5 N–H and O–H groups in total. The molecule has 2 aromatic heterocycles. The predicted octanol–water partition coefficient (Wildman–Crippen LogP) is 4.76. The molecule has 2 amide bonds. The number of aliphatic hydroxyl groups is 1. The van der Waals surface area contributed by atoms with Crippen LogP contribution in [0.2, 0.25) is 0 Å². The molecule has 1 saturated heterocycles. The Morgan fingerprint density at radius 3 is 2.44 bits per heavy atom. The molecule has 1 aliphatic rings. The fourth-order valence-electron chi connectivity index (χ4n) is 5.05. The number of benzene rings is 2. The number of urea groups is 1. The van der Waals surface area contributed by atoms with Crippen LogP contribution in [-0.2, 0) is 18.3 Å². The maximum Gasteiger partial charge on any atom is 0.416 e. The van der Waals surface area contributed by atoms with Crippen LogP contribution in [0.4, 0.5) is 39.5 Å². The van der Waals surface area contributed by atoms with Crippen LogP contribution in [0.1, 0.15) is 30.8 Å². The Morgan fingerprint density at radius 2 is 1.79 bits per heavy atom. The Bertz CT molecular complexity index is 1660. The Hall–Kier alpha value is -4.27. The Morgan fingerprint density at radius 1 is 1.07 bits per heavy atom. The summed E-state index contributed by atoms with van der Waals surface area (Å²) in [5.41, 5.74) is 4.65. The number of halogens is 4. The third-order valence-electron chi connectivity index (χ3n) is 7.28. The summed E-state index contributed by atoms with van der Waals surface area (Å²) >= 11 is 0. The number of alkyl halides is 3. The molecule has 14 heteroatoms. The van der Waals surface area contributed by atoms with Crippen LogP contribution in [-0.4, -0.2) is 68.5 Å². The van der Waals surface area contributed by atoms with E-state index in [0.717, 1.165) is 25.2 Å². The summed E-state index contributed by atoms with van der Waals surface area (Å²) in [7, 11) is 1.97. The minimum Gasteiger partial charge on any atom is -0.382 e. The lowest BCUT2D eigenvalue weighted by Crippen LogP contribution is -2.44. The number of carbonyl (C=O) groups is 1. The van der Waals surface area contributed by atoms with Crippen molar-refractivity contribution in [1.82, 2.24) is 24.2 Å². The van der Waals surface area contributed by atoms with Gasteiger partial charge in [-0.05, 0) is 50.7 Å². The number of hydrogen-bond acceptors (Lipinski definition) is 7. The highest BCUT2D eigenvalue weighted by Crippen LogP contribution is 2.35. The molecule has 0 atom stereocenters. The number of nitrogens with zero attached hydrogens (tertiary/aromatic N) is 5. The number of carbonyl (C=O) groups excluding carboxylic acids is 1. The van der Waals surface area contributed by atoms with E-state index in [1.165, 1.54) is 30.5 Å². The summed E-state index contributed by atoms with van der Waals surface area (Å²) in [4.78, 5) is 25.3. The van der Waals surface area contributed by atoms with Gasteiger partial charge in [0.25, 0.3) is 0 Å². The van der Waals surface area contributed by atoms with Crippen molar-refractivity contribution in [1.29, 1.82) is 0 Å². The van der Waals surface area contributed by atoms with Crippen molar-refractivity contribution in [3.63, 3.8) is 0 Å². The molecule has 5 rings (SSSR count). The van der Waals surface area contributed by atoms with Gasteiger partial charge in [-0.1, -0.05) is 12.1 Å². The molecule has 0 unspecified atom stereocenters. The van der Waals surface area contributed by atoms with Crippen LogP contribution in [0.5, 0.6) is 0 Å². The highest BCUT2D eigenvalue weighted by molar-refractivity contribution is 6.00. The van der Waals surface area contributed by atoms with E-state index in [0.29, 0.717) is 24.2 Å². The topological polar surface area (TPSA) is 124 Å². The molecule has 0 spiro atoms. The van der Waals surface area contributed by atoms with E-state index in [9.17, 15) is 23.1 Å². The summed E-state index contributed by atoms with van der Waals surface area (Å²) in [6.07, 6.45) is -1.59.